The van der Waals surface area contributed by atoms with Crippen LogP contribution in [-0.4, -0.2) is 25.1 Å². The Morgan fingerprint density at radius 1 is 1.37 bits per heavy atom. The number of amides is 1. The summed E-state index contributed by atoms with van der Waals surface area (Å²) in [5, 5.41) is 2.32. The van der Waals surface area contributed by atoms with Crippen molar-refractivity contribution in [1.29, 1.82) is 0 Å². The Kier molecular flexibility index (Phi) is 4.47. The first kappa shape index (κ1) is 14.9. The fourth-order valence-electron chi connectivity index (χ4n) is 1.39. The average Bonchev–Trinajstić information content (AvgIpc) is 2.27. The van der Waals surface area contributed by atoms with E-state index in [4.69, 9.17) is 9.47 Å². The fourth-order valence-corrected chi connectivity index (χ4v) is 1.39. The summed E-state index contributed by atoms with van der Waals surface area (Å²) in [6.07, 6.45) is -0.482. The monoisotopic (exact) mass is 269 g/mol. The molecule has 19 heavy (non-hydrogen) atoms. The molecule has 0 aromatic heterocycles. The van der Waals surface area contributed by atoms with E-state index in [-0.39, 0.29) is 17.0 Å². The first-order valence-corrected chi connectivity index (χ1v) is 5.60. The van der Waals surface area contributed by atoms with Crippen LogP contribution in [0.15, 0.2) is 12.1 Å². The quantitative estimate of drug-likeness (QED) is 0.857. The Morgan fingerprint density at radius 3 is 2.47 bits per heavy atom. The minimum Gasteiger partial charge on any atom is -0.495 e. The van der Waals surface area contributed by atoms with E-state index in [1.165, 1.54) is 13.2 Å². The van der Waals surface area contributed by atoms with Gasteiger partial charge in [-0.25, -0.2) is 9.18 Å². The zero-order valence-electron chi connectivity index (χ0n) is 11.2. The van der Waals surface area contributed by atoms with Gasteiger partial charge in [-0.1, -0.05) is 0 Å². The Labute approximate surface area is 110 Å². The molecule has 0 unspecified atom stereocenters. The molecule has 0 fully saturated rings. The summed E-state index contributed by atoms with van der Waals surface area (Å²) in [7, 11) is 1.35. The number of halogens is 1. The normalized spacial score (nSPS) is 10.8. The third kappa shape index (κ3) is 3.94. The molecule has 104 valence electrons. The molecule has 0 spiro atoms. The van der Waals surface area contributed by atoms with Gasteiger partial charge in [0.2, 0.25) is 0 Å². The van der Waals surface area contributed by atoms with Gasteiger partial charge in [-0.05, 0) is 32.9 Å². The number of carbonyl (C=O) groups excluding carboxylic acids is 2. The summed E-state index contributed by atoms with van der Waals surface area (Å²) < 4.78 is 23.5. The molecule has 1 amide bonds. The second-order valence-electron chi connectivity index (χ2n) is 4.78. The summed E-state index contributed by atoms with van der Waals surface area (Å²) in [6.45, 7) is 5.07. The lowest BCUT2D eigenvalue weighted by atomic mass is 10.1. The number of benzene rings is 1. The largest absolute Gasteiger partial charge is 0.495 e. The summed E-state index contributed by atoms with van der Waals surface area (Å²) in [4.78, 5) is 22.5. The second-order valence-corrected chi connectivity index (χ2v) is 4.78. The first-order chi connectivity index (χ1) is 8.78. The van der Waals surface area contributed by atoms with Crippen LogP contribution in [0.1, 0.15) is 31.1 Å². The smallest absolute Gasteiger partial charge is 0.412 e. The number of rotatable bonds is 3. The summed E-state index contributed by atoms with van der Waals surface area (Å²) in [5.74, 6) is -0.573. The maximum Gasteiger partial charge on any atom is 0.412 e. The van der Waals surface area contributed by atoms with Gasteiger partial charge >= 0.3 is 6.09 Å². The molecule has 0 heterocycles. The molecule has 1 N–H and O–H groups in total. The summed E-state index contributed by atoms with van der Waals surface area (Å²) >= 11 is 0. The number of ether oxygens (including phenoxy) is 2. The van der Waals surface area contributed by atoms with Crippen LogP contribution in [0.2, 0.25) is 0 Å². The maximum absolute atomic E-state index is 13.5. The molecular formula is C13H16FNO4. The summed E-state index contributed by atoms with van der Waals surface area (Å²) in [5.41, 5.74) is -1.04. The van der Waals surface area contributed by atoms with Crippen LogP contribution in [0, 0.1) is 5.82 Å². The van der Waals surface area contributed by atoms with Gasteiger partial charge in [-0.3, -0.25) is 10.1 Å². The van der Waals surface area contributed by atoms with Gasteiger partial charge < -0.3 is 9.47 Å². The molecule has 1 aromatic rings. The highest BCUT2D eigenvalue weighted by molar-refractivity contribution is 5.95. The molecular weight excluding hydrogens is 253 g/mol. The molecule has 0 aliphatic carbocycles. The van der Waals surface area contributed by atoms with E-state index in [1.54, 1.807) is 20.8 Å². The van der Waals surface area contributed by atoms with Crippen LogP contribution in [0.25, 0.3) is 0 Å². The molecule has 0 atom stereocenters. The zero-order valence-corrected chi connectivity index (χ0v) is 11.2. The van der Waals surface area contributed by atoms with Crippen LogP contribution in [0.3, 0.4) is 0 Å². The zero-order chi connectivity index (χ0) is 14.6. The lowest BCUT2D eigenvalue weighted by Gasteiger charge is -2.20. The van der Waals surface area contributed by atoms with Gasteiger partial charge in [0, 0.05) is 0 Å². The highest BCUT2D eigenvalue weighted by Crippen LogP contribution is 2.29. The van der Waals surface area contributed by atoms with Crippen LogP contribution in [0.5, 0.6) is 5.75 Å². The van der Waals surface area contributed by atoms with Crippen LogP contribution >= 0.6 is 0 Å². The van der Waals surface area contributed by atoms with Crippen molar-refractivity contribution in [3.8, 4) is 5.75 Å². The molecule has 1 rings (SSSR count). The van der Waals surface area contributed by atoms with Crippen LogP contribution in [0.4, 0.5) is 14.9 Å². The third-order valence-electron chi connectivity index (χ3n) is 2.12. The van der Waals surface area contributed by atoms with Gasteiger partial charge in [0.05, 0.1) is 18.4 Å². The molecule has 0 bridgehead atoms. The Hall–Kier alpha value is -2.11. The third-order valence-corrected chi connectivity index (χ3v) is 2.12. The van der Waals surface area contributed by atoms with Crippen molar-refractivity contribution in [3.05, 3.63) is 23.5 Å². The van der Waals surface area contributed by atoms with Crippen molar-refractivity contribution in [2.24, 2.45) is 0 Å². The number of hydrogen-bond acceptors (Lipinski definition) is 4. The maximum atomic E-state index is 13.5. The SMILES string of the molecule is COc1ccc(F)c(C=O)c1NC(=O)OC(C)(C)C. The molecule has 0 aliphatic heterocycles. The van der Waals surface area contributed by atoms with E-state index in [0.717, 1.165) is 6.07 Å². The van der Waals surface area contributed by atoms with Gasteiger partial charge in [-0.2, -0.15) is 0 Å². The van der Waals surface area contributed by atoms with E-state index in [1.807, 2.05) is 0 Å². The van der Waals surface area contributed by atoms with Crippen LogP contribution < -0.4 is 10.1 Å². The predicted octanol–water partition coefficient (Wildman–Crippen LogP) is 2.99. The minimum atomic E-state index is -0.792. The number of aldehydes is 1. The van der Waals surface area contributed by atoms with Gasteiger partial charge in [0.25, 0.3) is 0 Å². The molecule has 1 aromatic carbocycles. The lowest BCUT2D eigenvalue weighted by molar-refractivity contribution is 0.0635. The number of anilines is 1. The van der Waals surface area contributed by atoms with E-state index >= 15 is 0 Å². The van der Waals surface area contributed by atoms with Crippen molar-refractivity contribution in [2.75, 3.05) is 12.4 Å². The van der Waals surface area contributed by atoms with Crippen molar-refractivity contribution >= 4 is 18.1 Å². The highest BCUT2D eigenvalue weighted by atomic mass is 19.1. The molecule has 0 saturated carbocycles. The fraction of sp³-hybridized carbons (Fsp3) is 0.385. The van der Waals surface area contributed by atoms with Crippen LogP contribution in [-0.2, 0) is 4.74 Å². The number of carbonyl (C=O) groups is 2. The van der Waals surface area contributed by atoms with Gasteiger partial charge in [0.1, 0.15) is 17.2 Å². The Bertz CT molecular complexity index is 494. The lowest BCUT2D eigenvalue weighted by Crippen LogP contribution is -2.27. The van der Waals surface area contributed by atoms with E-state index in [0.29, 0.717) is 6.29 Å². The average molecular weight is 269 g/mol. The van der Waals surface area contributed by atoms with Gasteiger partial charge in [-0.15, -0.1) is 0 Å². The molecule has 6 heteroatoms. The van der Waals surface area contributed by atoms with Crippen molar-refractivity contribution < 1.29 is 23.5 Å². The van der Waals surface area contributed by atoms with E-state index < -0.39 is 17.5 Å². The Morgan fingerprint density at radius 2 is 2.00 bits per heavy atom. The first-order valence-electron chi connectivity index (χ1n) is 5.60. The number of nitrogens with one attached hydrogen (secondary N) is 1. The highest BCUT2D eigenvalue weighted by Gasteiger charge is 2.20. The van der Waals surface area contributed by atoms with Crippen molar-refractivity contribution in [1.82, 2.24) is 0 Å². The van der Waals surface area contributed by atoms with Crippen molar-refractivity contribution in [2.45, 2.75) is 26.4 Å². The molecule has 5 nitrogen and oxygen atoms in total. The topological polar surface area (TPSA) is 64.6 Å². The van der Waals surface area contributed by atoms with E-state index in [2.05, 4.69) is 5.32 Å². The van der Waals surface area contributed by atoms with Crippen molar-refractivity contribution in [3.63, 3.8) is 0 Å². The second kappa shape index (κ2) is 5.69. The number of hydrogen-bond donors (Lipinski definition) is 1. The molecule has 0 radical (unpaired) electrons. The molecule has 0 saturated heterocycles. The number of methoxy groups -OCH3 is 1. The predicted molar refractivity (Wildman–Crippen MR) is 68.2 cm³/mol. The minimum absolute atomic E-state index is 0.0493. The molecule has 0 aliphatic rings. The van der Waals surface area contributed by atoms with Gasteiger partial charge in [0.15, 0.2) is 6.29 Å². The summed E-state index contributed by atoms with van der Waals surface area (Å²) in [6, 6.07) is 2.40. The Balaban J connectivity index is 3.08. The standard InChI is InChI=1S/C13H16FNO4/c1-13(2,3)19-12(17)15-11-8(7-16)9(14)5-6-10(11)18-4/h5-7H,1-4H3,(H,15,17). The van der Waals surface area contributed by atoms with E-state index in [9.17, 15) is 14.0 Å².